The standard InChI is InChI=1S/C21H13ClF3N2O2/c22-16-8-2-6-14-18-15(20(26)28)7-3-9-17(18)27(19(14)16)11-12-4-1-5-13(10-12)29-21(23,24)25/h1-5,7-10H,11H2,(H2,26,28). The number of halogens is 4. The first-order valence-corrected chi connectivity index (χ1v) is 8.88. The second kappa shape index (κ2) is 7.00. The van der Waals surface area contributed by atoms with E-state index in [1.54, 1.807) is 36.4 Å². The number of carbonyl (C=O) groups is 1. The first-order valence-electron chi connectivity index (χ1n) is 8.50. The Hall–Kier alpha value is -3.19. The number of ether oxygens (including phenoxy) is 1. The third kappa shape index (κ3) is 3.61. The lowest BCUT2D eigenvalue weighted by molar-refractivity contribution is -0.274. The molecule has 1 aromatic heterocycles. The van der Waals surface area contributed by atoms with Crippen LogP contribution in [0.3, 0.4) is 0 Å². The van der Waals surface area contributed by atoms with Gasteiger partial charge in [-0.3, -0.25) is 4.79 Å². The minimum Gasteiger partial charge on any atom is -0.406 e. The van der Waals surface area contributed by atoms with Gasteiger partial charge in [0.25, 0.3) is 0 Å². The highest BCUT2D eigenvalue weighted by molar-refractivity contribution is 6.36. The van der Waals surface area contributed by atoms with E-state index >= 15 is 0 Å². The van der Waals surface area contributed by atoms with Gasteiger partial charge in [0.1, 0.15) is 5.75 Å². The predicted octanol–water partition coefficient (Wildman–Crippen LogP) is 5.29. The Morgan fingerprint density at radius 3 is 2.66 bits per heavy atom. The maximum Gasteiger partial charge on any atom is 0.573 e. The molecule has 2 N–H and O–H groups in total. The van der Waals surface area contributed by atoms with E-state index in [4.69, 9.17) is 17.3 Å². The summed E-state index contributed by atoms with van der Waals surface area (Å²) in [4.78, 5) is 11.9. The van der Waals surface area contributed by atoms with Crippen molar-refractivity contribution in [1.29, 1.82) is 0 Å². The van der Waals surface area contributed by atoms with E-state index in [1.165, 1.54) is 18.2 Å². The van der Waals surface area contributed by atoms with Crippen LogP contribution in [0.5, 0.6) is 5.75 Å². The molecule has 1 radical (unpaired) electrons. The molecular formula is C21H13ClF3N2O2. The molecular weight excluding hydrogens is 405 g/mol. The summed E-state index contributed by atoms with van der Waals surface area (Å²) in [5.41, 5.74) is 7.69. The van der Waals surface area contributed by atoms with Crippen LogP contribution in [0.25, 0.3) is 21.8 Å². The third-order valence-corrected chi connectivity index (χ3v) is 4.82. The molecule has 3 aromatic carbocycles. The number of benzene rings is 3. The smallest absolute Gasteiger partial charge is 0.406 e. The Morgan fingerprint density at radius 2 is 1.93 bits per heavy atom. The average Bonchev–Trinajstić information content (AvgIpc) is 2.96. The summed E-state index contributed by atoms with van der Waals surface area (Å²) >= 11 is 6.42. The van der Waals surface area contributed by atoms with Crippen molar-refractivity contribution in [2.24, 2.45) is 5.73 Å². The van der Waals surface area contributed by atoms with Crippen molar-refractivity contribution < 1.29 is 22.7 Å². The second-order valence-electron chi connectivity index (χ2n) is 6.39. The van der Waals surface area contributed by atoms with E-state index in [0.29, 0.717) is 38.0 Å². The first-order chi connectivity index (χ1) is 13.7. The molecule has 0 saturated carbocycles. The second-order valence-corrected chi connectivity index (χ2v) is 6.80. The van der Waals surface area contributed by atoms with Crippen molar-refractivity contribution in [1.82, 2.24) is 4.57 Å². The summed E-state index contributed by atoms with van der Waals surface area (Å²) in [6, 6.07) is 17.2. The van der Waals surface area contributed by atoms with Gasteiger partial charge in [-0.25, -0.2) is 0 Å². The molecule has 4 rings (SSSR count). The SMILES string of the molecule is NC(=O)c1cccc2c1c1[c]ccc(Cl)c1n2Cc1cccc(OC(F)(F)F)c1. The molecule has 0 aliphatic rings. The number of primary amides is 1. The molecule has 29 heavy (non-hydrogen) atoms. The molecule has 0 aliphatic heterocycles. The molecule has 1 heterocycles. The van der Waals surface area contributed by atoms with Crippen molar-refractivity contribution in [2.45, 2.75) is 12.9 Å². The van der Waals surface area contributed by atoms with Crippen LogP contribution in [0.15, 0.2) is 54.6 Å². The van der Waals surface area contributed by atoms with E-state index in [1.807, 2.05) is 4.57 Å². The van der Waals surface area contributed by atoms with Crippen LogP contribution in [0.1, 0.15) is 15.9 Å². The highest BCUT2D eigenvalue weighted by Crippen LogP contribution is 2.36. The van der Waals surface area contributed by atoms with E-state index in [-0.39, 0.29) is 12.3 Å². The number of nitrogens with two attached hydrogens (primary N) is 1. The monoisotopic (exact) mass is 417 g/mol. The van der Waals surface area contributed by atoms with Gasteiger partial charge in [-0.05, 0) is 42.0 Å². The fourth-order valence-electron chi connectivity index (χ4n) is 3.46. The molecule has 0 aliphatic carbocycles. The number of fused-ring (bicyclic) bond motifs is 3. The van der Waals surface area contributed by atoms with Gasteiger partial charge in [0, 0.05) is 22.9 Å². The lowest BCUT2D eigenvalue weighted by Crippen LogP contribution is -2.17. The van der Waals surface area contributed by atoms with Crippen LogP contribution in [0.4, 0.5) is 13.2 Å². The number of amides is 1. The fraction of sp³-hybridized carbons (Fsp3) is 0.0952. The highest BCUT2D eigenvalue weighted by atomic mass is 35.5. The molecule has 4 nitrogen and oxygen atoms in total. The van der Waals surface area contributed by atoms with E-state index in [0.717, 1.165) is 0 Å². The zero-order chi connectivity index (χ0) is 20.8. The molecule has 0 bridgehead atoms. The van der Waals surface area contributed by atoms with Gasteiger partial charge < -0.3 is 15.0 Å². The van der Waals surface area contributed by atoms with Crippen molar-refractivity contribution in [3.05, 3.63) is 76.8 Å². The molecule has 0 unspecified atom stereocenters. The highest BCUT2D eigenvalue weighted by Gasteiger charge is 2.31. The van der Waals surface area contributed by atoms with Crippen LogP contribution in [0, 0.1) is 6.07 Å². The largest absolute Gasteiger partial charge is 0.573 e. The van der Waals surface area contributed by atoms with Crippen molar-refractivity contribution >= 4 is 39.3 Å². The van der Waals surface area contributed by atoms with Gasteiger partial charge in [-0.15, -0.1) is 13.2 Å². The van der Waals surface area contributed by atoms with Crippen LogP contribution in [0.2, 0.25) is 5.02 Å². The number of hydrogen-bond acceptors (Lipinski definition) is 2. The molecule has 147 valence electrons. The quantitative estimate of drug-likeness (QED) is 0.490. The minimum atomic E-state index is -4.78. The molecule has 1 amide bonds. The lowest BCUT2D eigenvalue weighted by atomic mass is 10.1. The summed E-state index contributed by atoms with van der Waals surface area (Å²) in [6.45, 7) is 0.203. The number of aromatic nitrogens is 1. The molecule has 0 spiro atoms. The zero-order valence-electron chi connectivity index (χ0n) is 14.8. The minimum absolute atomic E-state index is 0.203. The Labute approximate surface area is 168 Å². The number of rotatable bonds is 4. The first kappa shape index (κ1) is 19.1. The van der Waals surface area contributed by atoms with Crippen LogP contribution in [-0.4, -0.2) is 16.8 Å². The summed E-state index contributed by atoms with van der Waals surface area (Å²) in [5.74, 6) is -0.908. The van der Waals surface area contributed by atoms with Gasteiger partial charge in [0.15, 0.2) is 0 Å². The predicted molar refractivity (Wildman–Crippen MR) is 104 cm³/mol. The van der Waals surface area contributed by atoms with Crippen LogP contribution >= 0.6 is 11.6 Å². The summed E-state index contributed by atoms with van der Waals surface area (Å²) in [7, 11) is 0. The fourth-order valence-corrected chi connectivity index (χ4v) is 3.72. The molecule has 0 atom stereocenters. The average molecular weight is 418 g/mol. The van der Waals surface area contributed by atoms with E-state index in [9.17, 15) is 18.0 Å². The summed E-state index contributed by atoms with van der Waals surface area (Å²) < 4.78 is 43.5. The molecule has 0 fully saturated rings. The Balaban J connectivity index is 1.91. The normalized spacial score (nSPS) is 11.9. The van der Waals surface area contributed by atoms with Gasteiger partial charge in [0.05, 0.1) is 16.1 Å². The van der Waals surface area contributed by atoms with E-state index in [2.05, 4.69) is 10.8 Å². The Kier molecular flexibility index (Phi) is 4.62. The summed E-state index contributed by atoms with van der Waals surface area (Å²) in [5, 5.41) is 1.64. The van der Waals surface area contributed by atoms with Gasteiger partial charge in [-0.1, -0.05) is 35.9 Å². The van der Waals surface area contributed by atoms with Crippen LogP contribution < -0.4 is 10.5 Å². The van der Waals surface area contributed by atoms with Gasteiger partial charge in [0.2, 0.25) is 5.91 Å². The van der Waals surface area contributed by atoms with Crippen molar-refractivity contribution in [2.75, 3.05) is 0 Å². The van der Waals surface area contributed by atoms with Crippen molar-refractivity contribution in [3.8, 4) is 5.75 Å². The molecule has 4 aromatic rings. The van der Waals surface area contributed by atoms with Crippen molar-refractivity contribution in [3.63, 3.8) is 0 Å². The Morgan fingerprint density at radius 1 is 1.17 bits per heavy atom. The maximum atomic E-state index is 12.5. The number of nitrogens with zero attached hydrogens (tertiary/aromatic N) is 1. The number of alkyl halides is 3. The van der Waals surface area contributed by atoms with Gasteiger partial charge >= 0.3 is 6.36 Å². The lowest BCUT2D eigenvalue weighted by Gasteiger charge is -2.12. The van der Waals surface area contributed by atoms with Crippen LogP contribution in [-0.2, 0) is 6.54 Å². The third-order valence-electron chi connectivity index (χ3n) is 4.51. The Bertz CT molecular complexity index is 1250. The molecule has 8 heteroatoms. The zero-order valence-corrected chi connectivity index (χ0v) is 15.5. The van der Waals surface area contributed by atoms with Gasteiger partial charge in [-0.2, -0.15) is 0 Å². The summed E-state index contributed by atoms with van der Waals surface area (Å²) in [6.07, 6.45) is -4.78. The number of carbonyl (C=O) groups excluding carboxylic acids is 1. The number of hydrogen-bond donors (Lipinski definition) is 1. The topological polar surface area (TPSA) is 57.2 Å². The van der Waals surface area contributed by atoms with E-state index < -0.39 is 12.3 Å². The molecule has 0 saturated heterocycles. The maximum absolute atomic E-state index is 12.5.